The molecule has 13 nitrogen and oxygen atoms in total. The summed E-state index contributed by atoms with van der Waals surface area (Å²) in [4.78, 5) is 57.0. The van der Waals surface area contributed by atoms with Crippen LogP contribution < -0.4 is 20.9 Å². The summed E-state index contributed by atoms with van der Waals surface area (Å²) in [5.41, 5.74) is -7.02. The molecule has 3 aromatic rings. The van der Waals surface area contributed by atoms with Gasteiger partial charge in [0.1, 0.15) is 11.6 Å². The molecule has 0 fully saturated rings. The molecule has 2 heterocycles. The van der Waals surface area contributed by atoms with E-state index in [1.807, 2.05) is 0 Å². The zero-order valence-corrected chi connectivity index (χ0v) is 19.5. The van der Waals surface area contributed by atoms with Crippen molar-refractivity contribution in [3.8, 4) is 5.75 Å². The van der Waals surface area contributed by atoms with Crippen molar-refractivity contribution in [3.05, 3.63) is 69.3 Å². The van der Waals surface area contributed by atoms with Crippen molar-refractivity contribution in [1.29, 1.82) is 0 Å². The molecule has 0 aliphatic carbocycles. The molecule has 0 unspecified atom stereocenters. The molecule has 2 amide bonds. The van der Waals surface area contributed by atoms with Crippen molar-refractivity contribution in [3.63, 3.8) is 0 Å². The zero-order chi connectivity index (χ0) is 38.0. The molecule has 3 rings (SSSR count). The van der Waals surface area contributed by atoms with E-state index in [-0.39, 0.29) is 12.2 Å². The molecular weight excluding hydrogens is 503 g/mol. The van der Waals surface area contributed by atoms with E-state index in [1.165, 1.54) is 19.2 Å². The van der Waals surface area contributed by atoms with Crippen LogP contribution in [0.15, 0.2) is 33.5 Å². The maximum absolute atomic E-state index is 13.9. The van der Waals surface area contributed by atoms with Crippen LogP contribution in [0.4, 0.5) is 4.39 Å². The molecule has 0 aliphatic rings. The lowest BCUT2D eigenvalue weighted by Crippen LogP contribution is -2.46. The van der Waals surface area contributed by atoms with Crippen LogP contribution in [-0.4, -0.2) is 51.2 Å². The number of methoxy groups -OCH3 is 1. The number of nitrogens with zero attached hydrogens (tertiary/aromatic N) is 4. The number of benzene rings is 1. The summed E-state index contributed by atoms with van der Waals surface area (Å²) in [5.74, 6) is -10.8. The average molecular weight is 543 g/mol. The van der Waals surface area contributed by atoms with E-state index in [4.69, 9.17) is 30.3 Å². The Kier molecular flexibility index (Phi) is 4.85. The lowest BCUT2D eigenvalue weighted by atomic mass is 10.0. The van der Waals surface area contributed by atoms with E-state index >= 15 is 0 Å². The second-order valence-corrected chi connectivity index (χ2v) is 7.40. The van der Waals surface area contributed by atoms with E-state index in [0.717, 1.165) is 12.1 Å². The molecule has 0 aliphatic heterocycles. The van der Waals surface area contributed by atoms with Gasteiger partial charge < -0.3 is 24.5 Å². The van der Waals surface area contributed by atoms with Crippen molar-refractivity contribution in [1.82, 2.24) is 30.4 Å². The largest absolute Gasteiger partial charge is 0.418 e. The molecule has 2 N–H and O–H groups in total. The highest BCUT2D eigenvalue weighted by atomic mass is 19.1. The van der Waals surface area contributed by atoms with Gasteiger partial charge >= 0.3 is 17.8 Å². The zero-order valence-electron chi connectivity index (χ0n) is 31.5. The molecular formula is C24H27FN6O7. The minimum atomic E-state index is -4.08. The van der Waals surface area contributed by atoms with Gasteiger partial charge in [-0.3, -0.25) is 23.7 Å². The molecule has 2 aromatic heterocycles. The highest BCUT2D eigenvalue weighted by Crippen LogP contribution is 2.22. The van der Waals surface area contributed by atoms with Gasteiger partial charge in [-0.2, -0.15) is 0 Å². The number of aryl methyl sites for hydroxylation is 1. The molecule has 14 heteroatoms. The predicted molar refractivity (Wildman–Crippen MR) is 129 cm³/mol. The quantitative estimate of drug-likeness (QED) is 0.355. The van der Waals surface area contributed by atoms with Gasteiger partial charge in [0.05, 0.1) is 18.6 Å². The third kappa shape index (κ3) is 6.64. The highest BCUT2D eigenvalue weighted by Gasteiger charge is 2.33. The number of aromatic nitrogens is 4. The number of hydrogen-bond donors (Lipinski definition) is 2. The van der Waals surface area contributed by atoms with Gasteiger partial charge in [-0.05, 0) is 31.4 Å². The Labute approximate surface area is 233 Å². The van der Waals surface area contributed by atoms with Crippen molar-refractivity contribution < 1.29 is 49.1 Å². The van der Waals surface area contributed by atoms with Crippen LogP contribution in [0.1, 0.15) is 75.0 Å². The van der Waals surface area contributed by atoms with E-state index in [9.17, 15) is 23.6 Å². The summed E-state index contributed by atoms with van der Waals surface area (Å²) < 4.78 is 123. The SMILES string of the molecule is [2H]C([2H])([2H])c1nnc(C(=O)NC(c2nc(C(=O)NCc3ccc(F)cc3)c(OC(=O)CCOC)c(=O)n2C([2H])([2H])[2H])(C([2H])([2H])[2H])C([2H])([2H])[2H])o1. The van der Waals surface area contributed by atoms with Crippen LogP contribution in [0.5, 0.6) is 5.75 Å². The minimum Gasteiger partial charge on any atom is -0.418 e. The average Bonchev–Trinajstić information content (AvgIpc) is 3.49. The standard InChI is InChI=1S/C24H27FN6O7/c1-13-29-30-21(37-13)20(34)28-24(2,3)23-27-17(19(33)26-12-14-6-8-15(25)9-7-14)18(22(35)31(23)4)38-16(32)10-11-36-5/h6-9H,10-12H2,1-5H3,(H,26,33)(H,28,34)/i1D3,2D3,3D3,4D3. The van der Waals surface area contributed by atoms with Gasteiger partial charge in [-0.25, -0.2) is 9.37 Å². The number of esters is 1. The lowest BCUT2D eigenvalue weighted by Gasteiger charge is -2.27. The van der Waals surface area contributed by atoms with Gasteiger partial charge in [0.15, 0.2) is 5.69 Å². The first kappa shape index (κ1) is 15.7. The smallest absolute Gasteiger partial charge is 0.313 e. The summed E-state index contributed by atoms with van der Waals surface area (Å²) in [7, 11) is 1.20. The van der Waals surface area contributed by atoms with Crippen LogP contribution in [0.25, 0.3) is 0 Å². The number of halogens is 1. The first-order chi connectivity index (χ1) is 22.8. The van der Waals surface area contributed by atoms with E-state index in [2.05, 4.69) is 20.5 Å². The van der Waals surface area contributed by atoms with Crippen molar-refractivity contribution in [2.75, 3.05) is 13.7 Å². The van der Waals surface area contributed by atoms with Gasteiger partial charge in [0, 0.05) is 43.9 Å². The predicted octanol–water partition coefficient (Wildman–Crippen LogP) is 1.15. The maximum Gasteiger partial charge on any atom is 0.313 e. The summed E-state index contributed by atoms with van der Waals surface area (Å²) in [6, 6.07) is 4.55. The number of rotatable bonds is 10. The minimum absolute atomic E-state index is 0.261. The Morgan fingerprint density at radius 1 is 1.18 bits per heavy atom. The summed E-state index contributed by atoms with van der Waals surface area (Å²) in [5, 5.41) is 10.1. The molecule has 1 aromatic carbocycles. The molecule has 0 saturated heterocycles. The Balaban J connectivity index is 2.40. The fourth-order valence-electron chi connectivity index (χ4n) is 2.82. The lowest BCUT2D eigenvalue weighted by molar-refractivity contribution is -0.135. The first-order valence-electron chi connectivity index (χ1n) is 16.4. The van der Waals surface area contributed by atoms with Gasteiger partial charge in [0.2, 0.25) is 11.6 Å². The third-order valence-corrected chi connectivity index (χ3v) is 4.61. The molecule has 0 atom stereocenters. The summed E-state index contributed by atoms with van der Waals surface area (Å²) in [6.07, 6.45) is -0.560. The Morgan fingerprint density at radius 2 is 1.95 bits per heavy atom. The number of ether oxygens (including phenoxy) is 2. The molecule has 0 saturated carbocycles. The second kappa shape index (κ2) is 11.7. The van der Waals surface area contributed by atoms with Crippen molar-refractivity contribution >= 4 is 17.8 Å². The number of amides is 2. The molecule has 202 valence electrons. The van der Waals surface area contributed by atoms with E-state index in [1.54, 1.807) is 5.32 Å². The van der Waals surface area contributed by atoms with Crippen LogP contribution in [0, 0.1) is 12.7 Å². The monoisotopic (exact) mass is 542 g/mol. The molecule has 0 spiro atoms. The van der Waals surface area contributed by atoms with Gasteiger partial charge in [-0.15, -0.1) is 10.2 Å². The number of carbonyl (C=O) groups excluding carboxylic acids is 3. The van der Waals surface area contributed by atoms with E-state index in [0.29, 0.717) is 0 Å². The molecule has 0 bridgehead atoms. The van der Waals surface area contributed by atoms with Crippen LogP contribution in [-0.2, 0) is 28.6 Å². The van der Waals surface area contributed by atoms with Gasteiger partial charge in [0.25, 0.3) is 11.5 Å². The number of nitrogens with one attached hydrogen (secondary N) is 2. The van der Waals surface area contributed by atoms with Crippen LogP contribution in [0.3, 0.4) is 0 Å². The summed E-state index contributed by atoms with van der Waals surface area (Å²) >= 11 is 0. The summed E-state index contributed by atoms with van der Waals surface area (Å²) in [6.45, 7) is -15.8. The maximum atomic E-state index is 13.9. The van der Waals surface area contributed by atoms with Crippen molar-refractivity contribution in [2.45, 2.75) is 39.1 Å². The van der Waals surface area contributed by atoms with Crippen LogP contribution in [0.2, 0.25) is 0 Å². The number of carbonyl (C=O) groups is 3. The fraction of sp³-hybridized carbons (Fsp3) is 0.375. The fourth-order valence-corrected chi connectivity index (χ4v) is 2.82. The Hall–Kier alpha value is -4.46. The first-order valence-corrected chi connectivity index (χ1v) is 10.4. The normalized spacial score (nSPS) is 17.2. The van der Waals surface area contributed by atoms with Crippen LogP contribution >= 0.6 is 0 Å². The Morgan fingerprint density at radius 3 is 2.58 bits per heavy atom. The van der Waals surface area contributed by atoms with E-state index < -0.39 is 109 Å². The van der Waals surface area contributed by atoms with Gasteiger partial charge in [-0.1, -0.05) is 12.1 Å². The number of hydrogen-bond acceptors (Lipinski definition) is 10. The second-order valence-electron chi connectivity index (χ2n) is 7.40. The molecule has 38 heavy (non-hydrogen) atoms. The highest BCUT2D eigenvalue weighted by molar-refractivity contribution is 5.95. The third-order valence-electron chi connectivity index (χ3n) is 4.61. The Bertz CT molecular complexity index is 1790. The topological polar surface area (TPSA) is 168 Å². The molecule has 0 radical (unpaired) electrons. The van der Waals surface area contributed by atoms with Crippen molar-refractivity contribution in [2.24, 2.45) is 6.98 Å².